The van der Waals surface area contributed by atoms with E-state index in [4.69, 9.17) is 27.3 Å². The molecule has 1 spiro atoms. The van der Waals surface area contributed by atoms with E-state index in [2.05, 4.69) is 30.8 Å². The van der Waals surface area contributed by atoms with Crippen LogP contribution in [0.25, 0.3) is 11.2 Å². The van der Waals surface area contributed by atoms with Crippen molar-refractivity contribution in [3.63, 3.8) is 0 Å². The van der Waals surface area contributed by atoms with Crippen LogP contribution >= 0.6 is 23.4 Å². The molecule has 9 nitrogen and oxygen atoms in total. The largest absolute Gasteiger partial charge is 0.396 e. The molecule has 0 radical (unpaired) electrons. The zero-order chi connectivity index (χ0) is 27.3. The number of aliphatic hydroxyl groups excluding tert-OH is 1. The Hall–Kier alpha value is -3.05. The third-order valence-corrected chi connectivity index (χ3v) is 10.3. The number of piperidine rings is 1. The fourth-order valence-electron chi connectivity index (χ4n) is 6.41. The van der Waals surface area contributed by atoms with Gasteiger partial charge in [0.05, 0.1) is 11.2 Å². The highest BCUT2D eigenvalue weighted by Crippen LogP contribution is 2.50. The molecule has 11 heteroatoms. The fraction of sp³-hybridized carbons (Fsp3) is 0.414. The van der Waals surface area contributed by atoms with Crippen LogP contribution in [0.1, 0.15) is 36.6 Å². The minimum absolute atomic E-state index is 0.0407. The average Bonchev–Trinajstić information content (AvgIpc) is 3.57. The number of nitrogens with two attached hydrogens (primary N) is 1. The van der Waals surface area contributed by atoms with Crippen LogP contribution in [0.3, 0.4) is 0 Å². The van der Waals surface area contributed by atoms with Crippen LogP contribution in [0.2, 0.25) is 5.02 Å². The smallest absolute Gasteiger partial charge is 0.179 e. The molecule has 3 aliphatic rings. The lowest BCUT2D eigenvalue weighted by Gasteiger charge is -2.42. The van der Waals surface area contributed by atoms with Crippen LogP contribution in [-0.4, -0.2) is 62.8 Å². The van der Waals surface area contributed by atoms with Crippen molar-refractivity contribution in [3.8, 4) is 0 Å². The zero-order valence-electron chi connectivity index (χ0n) is 22.1. The van der Waals surface area contributed by atoms with Gasteiger partial charge in [0.1, 0.15) is 22.2 Å². The van der Waals surface area contributed by atoms with Crippen molar-refractivity contribution in [1.29, 1.82) is 0 Å². The van der Waals surface area contributed by atoms with Crippen molar-refractivity contribution < 1.29 is 5.11 Å². The molecule has 40 heavy (non-hydrogen) atoms. The first-order valence-electron chi connectivity index (χ1n) is 13.8. The SMILES string of the molecule is N[C@@H]1c2cccnc2CC12CCN(c1cnc3nc(Sc4ccnc(N5CC[C@H](CO)C5)c4Cl)ccc3n1)CC2. The minimum atomic E-state index is 0.0407. The number of rotatable bonds is 5. The fourth-order valence-corrected chi connectivity index (χ4v) is 7.56. The number of anilines is 2. The van der Waals surface area contributed by atoms with Gasteiger partial charge in [-0.05, 0) is 60.9 Å². The average molecular weight is 575 g/mol. The van der Waals surface area contributed by atoms with Crippen molar-refractivity contribution in [2.45, 2.75) is 41.6 Å². The molecule has 1 aliphatic carbocycles. The Balaban J connectivity index is 1.05. The molecule has 3 N–H and O–H groups in total. The maximum atomic E-state index is 9.50. The quantitative estimate of drug-likeness (QED) is 0.357. The molecule has 4 aromatic heterocycles. The number of nitrogens with zero attached hydrogens (tertiary/aromatic N) is 7. The molecular formula is C29H31ClN8OS. The number of aliphatic hydroxyl groups is 1. The van der Waals surface area contributed by atoms with Crippen LogP contribution in [0.4, 0.5) is 11.6 Å². The molecule has 2 atom stereocenters. The predicted molar refractivity (Wildman–Crippen MR) is 157 cm³/mol. The van der Waals surface area contributed by atoms with Crippen LogP contribution < -0.4 is 15.5 Å². The lowest BCUT2D eigenvalue weighted by Crippen LogP contribution is -2.44. The first-order chi connectivity index (χ1) is 19.5. The summed E-state index contributed by atoms with van der Waals surface area (Å²) in [7, 11) is 0. The van der Waals surface area contributed by atoms with E-state index in [1.54, 1.807) is 6.20 Å². The van der Waals surface area contributed by atoms with E-state index in [0.717, 1.165) is 84.6 Å². The lowest BCUT2D eigenvalue weighted by atomic mass is 9.73. The summed E-state index contributed by atoms with van der Waals surface area (Å²) in [4.78, 5) is 28.8. The summed E-state index contributed by atoms with van der Waals surface area (Å²) in [6.45, 7) is 3.57. The second kappa shape index (κ2) is 10.4. The normalized spacial score (nSPS) is 21.9. The Morgan fingerprint density at radius 3 is 2.70 bits per heavy atom. The minimum Gasteiger partial charge on any atom is -0.396 e. The van der Waals surface area contributed by atoms with Gasteiger partial charge in [-0.15, -0.1) is 0 Å². The highest BCUT2D eigenvalue weighted by molar-refractivity contribution is 7.99. The van der Waals surface area contributed by atoms with Crippen molar-refractivity contribution in [2.75, 3.05) is 42.6 Å². The lowest BCUT2D eigenvalue weighted by molar-refractivity contribution is 0.186. The van der Waals surface area contributed by atoms with Gasteiger partial charge in [0.15, 0.2) is 5.65 Å². The van der Waals surface area contributed by atoms with Crippen LogP contribution in [0.15, 0.2) is 58.8 Å². The Labute approximate surface area is 242 Å². The van der Waals surface area contributed by atoms with Crippen molar-refractivity contribution >= 4 is 46.2 Å². The number of aromatic nitrogens is 5. The molecule has 0 unspecified atom stereocenters. The highest BCUT2D eigenvalue weighted by Gasteiger charge is 2.46. The van der Waals surface area contributed by atoms with E-state index >= 15 is 0 Å². The number of fused-ring (bicyclic) bond motifs is 2. The molecule has 0 aromatic carbocycles. The molecule has 206 valence electrons. The zero-order valence-corrected chi connectivity index (χ0v) is 23.7. The van der Waals surface area contributed by atoms with E-state index in [9.17, 15) is 5.11 Å². The van der Waals surface area contributed by atoms with Gasteiger partial charge in [-0.1, -0.05) is 29.4 Å². The van der Waals surface area contributed by atoms with Crippen molar-refractivity contribution in [3.05, 3.63) is 65.2 Å². The van der Waals surface area contributed by atoms with E-state index in [1.807, 2.05) is 36.7 Å². The summed E-state index contributed by atoms with van der Waals surface area (Å²) in [5, 5.41) is 10.9. The molecule has 0 amide bonds. The topological polar surface area (TPSA) is 117 Å². The Morgan fingerprint density at radius 1 is 1.02 bits per heavy atom. The Kier molecular flexibility index (Phi) is 6.74. The van der Waals surface area contributed by atoms with Gasteiger partial charge < -0.3 is 20.6 Å². The molecule has 7 rings (SSSR count). The number of halogens is 1. The van der Waals surface area contributed by atoms with E-state index in [1.165, 1.54) is 17.3 Å². The monoisotopic (exact) mass is 574 g/mol. The van der Waals surface area contributed by atoms with Gasteiger partial charge in [0.25, 0.3) is 0 Å². The molecule has 0 bridgehead atoms. The first kappa shape index (κ1) is 25.9. The summed E-state index contributed by atoms with van der Waals surface area (Å²) in [6.07, 6.45) is 9.38. The van der Waals surface area contributed by atoms with Crippen LogP contribution in [0, 0.1) is 11.3 Å². The molecule has 4 aromatic rings. The molecule has 0 saturated carbocycles. The molecule has 2 fully saturated rings. The van der Waals surface area contributed by atoms with Gasteiger partial charge >= 0.3 is 0 Å². The van der Waals surface area contributed by atoms with E-state index in [0.29, 0.717) is 10.7 Å². The maximum Gasteiger partial charge on any atom is 0.179 e. The number of hydrogen-bond acceptors (Lipinski definition) is 10. The third-order valence-electron chi connectivity index (χ3n) is 8.78. The maximum absolute atomic E-state index is 9.50. The van der Waals surface area contributed by atoms with Gasteiger partial charge in [0.2, 0.25) is 0 Å². The highest BCUT2D eigenvalue weighted by atomic mass is 35.5. The van der Waals surface area contributed by atoms with Gasteiger partial charge in [-0.25, -0.2) is 19.9 Å². The standard InChI is InChI=1S/C29H31ClN8OS/c30-25-22(5-10-33-28(25)38-11-6-18(16-38)17-39)40-24-4-3-20-27(36-24)34-15-23(35-20)37-12-7-29(8-13-37)14-21-19(26(29)31)2-1-9-32-21/h1-5,9-10,15,18,26,39H,6-8,11-14,16-17,31H2/t18-,26+/m0/s1. The van der Waals surface area contributed by atoms with Crippen LogP contribution in [-0.2, 0) is 6.42 Å². The summed E-state index contributed by atoms with van der Waals surface area (Å²) < 4.78 is 0. The first-order valence-corrected chi connectivity index (χ1v) is 15.0. The van der Waals surface area contributed by atoms with Gasteiger partial charge in [-0.2, -0.15) is 0 Å². The van der Waals surface area contributed by atoms with Gasteiger partial charge in [-0.3, -0.25) is 4.98 Å². The second-order valence-corrected chi connectivity index (χ2v) is 12.5. The van der Waals surface area contributed by atoms with Crippen molar-refractivity contribution in [2.24, 2.45) is 17.1 Å². The molecule has 2 aliphatic heterocycles. The number of pyridine rings is 3. The summed E-state index contributed by atoms with van der Waals surface area (Å²) in [5.74, 6) is 1.90. The number of hydrogen-bond donors (Lipinski definition) is 2. The summed E-state index contributed by atoms with van der Waals surface area (Å²) in [6, 6.07) is 10.0. The summed E-state index contributed by atoms with van der Waals surface area (Å²) >= 11 is 8.27. The van der Waals surface area contributed by atoms with E-state index in [-0.39, 0.29) is 24.0 Å². The third kappa shape index (κ3) is 4.56. The van der Waals surface area contributed by atoms with E-state index < -0.39 is 0 Å². The summed E-state index contributed by atoms with van der Waals surface area (Å²) in [5.41, 5.74) is 10.5. The molecule has 6 heterocycles. The molecular weight excluding hydrogens is 544 g/mol. The van der Waals surface area contributed by atoms with Crippen LogP contribution in [0.5, 0.6) is 0 Å². The predicted octanol–water partition coefficient (Wildman–Crippen LogP) is 4.28. The second-order valence-electron chi connectivity index (χ2n) is 11.1. The Bertz CT molecular complexity index is 1560. The Morgan fingerprint density at radius 2 is 1.90 bits per heavy atom. The molecule has 2 saturated heterocycles. The van der Waals surface area contributed by atoms with Crippen molar-refractivity contribution in [1.82, 2.24) is 24.9 Å². The van der Waals surface area contributed by atoms with Gasteiger partial charge in [0, 0.05) is 67.7 Å².